The number of benzene rings is 2. The SMILES string of the molecule is O=C1C[C@H](c2ccccc2)C[C@@H](COC(=O)Nc2cccc(C(F)(F)F)c2)N1. The zero-order valence-corrected chi connectivity index (χ0v) is 14.8. The van der Waals surface area contributed by atoms with Crippen molar-refractivity contribution in [3.05, 3.63) is 65.7 Å². The molecule has 5 nitrogen and oxygen atoms in total. The maximum atomic E-state index is 12.7. The zero-order valence-electron chi connectivity index (χ0n) is 14.8. The number of amides is 2. The van der Waals surface area contributed by atoms with Crippen LogP contribution in [0.2, 0.25) is 0 Å². The Morgan fingerprint density at radius 3 is 2.61 bits per heavy atom. The summed E-state index contributed by atoms with van der Waals surface area (Å²) in [6, 6.07) is 13.5. The molecule has 0 unspecified atom stereocenters. The molecule has 28 heavy (non-hydrogen) atoms. The highest BCUT2D eigenvalue weighted by atomic mass is 19.4. The van der Waals surface area contributed by atoms with Gasteiger partial charge < -0.3 is 10.1 Å². The number of carbonyl (C=O) groups excluding carboxylic acids is 2. The maximum Gasteiger partial charge on any atom is 0.416 e. The standard InChI is InChI=1S/C20H19F3N2O3/c21-20(22,23)15-7-4-8-16(11-15)25-19(27)28-12-17-9-14(10-18(26)24-17)13-5-2-1-3-6-13/h1-8,11,14,17H,9-10,12H2,(H,24,26)(H,25,27)/t14-,17+/m1/s1. The molecule has 1 aliphatic rings. The largest absolute Gasteiger partial charge is 0.447 e. The second-order valence-electron chi connectivity index (χ2n) is 6.61. The fourth-order valence-electron chi connectivity index (χ4n) is 3.19. The number of hydrogen-bond acceptors (Lipinski definition) is 3. The number of halogens is 3. The van der Waals surface area contributed by atoms with Gasteiger partial charge in [-0.25, -0.2) is 4.79 Å². The van der Waals surface area contributed by atoms with Crippen LogP contribution in [-0.2, 0) is 15.7 Å². The number of anilines is 1. The van der Waals surface area contributed by atoms with Gasteiger partial charge in [-0.1, -0.05) is 36.4 Å². The van der Waals surface area contributed by atoms with Crippen LogP contribution in [0.1, 0.15) is 29.9 Å². The molecule has 1 heterocycles. The maximum absolute atomic E-state index is 12.7. The highest BCUT2D eigenvalue weighted by Gasteiger charge is 2.31. The van der Waals surface area contributed by atoms with Crippen LogP contribution in [-0.4, -0.2) is 24.6 Å². The van der Waals surface area contributed by atoms with Gasteiger partial charge in [0.1, 0.15) is 6.61 Å². The minimum atomic E-state index is -4.50. The van der Waals surface area contributed by atoms with Crippen molar-refractivity contribution in [1.29, 1.82) is 0 Å². The van der Waals surface area contributed by atoms with Gasteiger partial charge in [-0.05, 0) is 36.1 Å². The summed E-state index contributed by atoms with van der Waals surface area (Å²) in [5.41, 5.74) is 0.154. The molecular weight excluding hydrogens is 373 g/mol. The summed E-state index contributed by atoms with van der Waals surface area (Å²) < 4.78 is 43.3. The van der Waals surface area contributed by atoms with Gasteiger partial charge in [0, 0.05) is 12.1 Å². The Morgan fingerprint density at radius 1 is 1.14 bits per heavy atom. The van der Waals surface area contributed by atoms with E-state index in [4.69, 9.17) is 4.74 Å². The Kier molecular flexibility index (Phi) is 5.87. The Morgan fingerprint density at radius 2 is 1.89 bits per heavy atom. The molecule has 8 heteroatoms. The van der Waals surface area contributed by atoms with Gasteiger partial charge in [0.05, 0.1) is 11.6 Å². The molecule has 0 spiro atoms. The monoisotopic (exact) mass is 392 g/mol. The number of nitrogens with one attached hydrogen (secondary N) is 2. The topological polar surface area (TPSA) is 67.4 Å². The van der Waals surface area contributed by atoms with E-state index >= 15 is 0 Å². The Bertz CT molecular complexity index is 840. The molecular formula is C20H19F3N2O3. The Labute approximate surface area is 159 Å². The summed E-state index contributed by atoms with van der Waals surface area (Å²) in [7, 11) is 0. The molecule has 1 aliphatic heterocycles. The predicted molar refractivity (Wildman–Crippen MR) is 96.8 cm³/mol. The molecule has 2 atom stereocenters. The van der Waals surface area contributed by atoms with E-state index in [1.54, 1.807) is 0 Å². The van der Waals surface area contributed by atoms with Crippen LogP contribution in [0.4, 0.5) is 23.7 Å². The van der Waals surface area contributed by atoms with Crippen LogP contribution in [0, 0.1) is 0 Å². The molecule has 2 aromatic rings. The van der Waals surface area contributed by atoms with Crippen molar-refractivity contribution in [2.75, 3.05) is 11.9 Å². The van der Waals surface area contributed by atoms with Gasteiger partial charge >= 0.3 is 12.3 Å². The Hall–Kier alpha value is -3.03. The third-order valence-corrected chi connectivity index (χ3v) is 4.49. The van der Waals surface area contributed by atoms with Gasteiger partial charge in [0.2, 0.25) is 5.91 Å². The van der Waals surface area contributed by atoms with Crippen molar-refractivity contribution in [3.8, 4) is 0 Å². The molecule has 2 amide bonds. The lowest BCUT2D eigenvalue weighted by Gasteiger charge is -2.29. The highest BCUT2D eigenvalue weighted by molar-refractivity contribution is 5.84. The first-order chi connectivity index (χ1) is 13.3. The Balaban J connectivity index is 1.55. The van der Waals surface area contributed by atoms with Crippen LogP contribution in [0.3, 0.4) is 0 Å². The molecule has 0 bridgehead atoms. The van der Waals surface area contributed by atoms with E-state index in [2.05, 4.69) is 10.6 Å². The first-order valence-corrected chi connectivity index (χ1v) is 8.76. The minimum Gasteiger partial charge on any atom is -0.447 e. The first kappa shape index (κ1) is 19.7. The molecule has 2 N–H and O–H groups in total. The number of ether oxygens (including phenoxy) is 1. The molecule has 1 saturated heterocycles. The summed E-state index contributed by atoms with van der Waals surface area (Å²) in [6.45, 7) is -0.0696. The van der Waals surface area contributed by atoms with Crippen LogP contribution in [0.5, 0.6) is 0 Å². The van der Waals surface area contributed by atoms with Crippen molar-refractivity contribution < 1.29 is 27.5 Å². The van der Waals surface area contributed by atoms with Gasteiger partial charge in [0.25, 0.3) is 0 Å². The van der Waals surface area contributed by atoms with E-state index in [9.17, 15) is 22.8 Å². The molecule has 0 saturated carbocycles. The van der Waals surface area contributed by atoms with Crippen LogP contribution in [0.25, 0.3) is 0 Å². The van der Waals surface area contributed by atoms with Crippen molar-refractivity contribution in [2.45, 2.75) is 31.0 Å². The average Bonchev–Trinajstić information content (AvgIpc) is 2.66. The lowest BCUT2D eigenvalue weighted by atomic mass is 9.86. The third-order valence-electron chi connectivity index (χ3n) is 4.49. The summed E-state index contributed by atoms with van der Waals surface area (Å²) in [5, 5.41) is 5.05. The summed E-state index contributed by atoms with van der Waals surface area (Å²) >= 11 is 0. The zero-order chi connectivity index (χ0) is 20.1. The minimum absolute atomic E-state index is 0.0188. The molecule has 148 valence electrons. The second kappa shape index (κ2) is 8.33. The van der Waals surface area contributed by atoms with Crippen LogP contribution < -0.4 is 10.6 Å². The lowest BCUT2D eigenvalue weighted by Crippen LogP contribution is -2.44. The average molecular weight is 392 g/mol. The lowest BCUT2D eigenvalue weighted by molar-refractivity contribution is -0.137. The number of piperidine rings is 1. The number of hydrogen-bond donors (Lipinski definition) is 2. The van der Waals surface area contributed by atoms with Crippen molar-refractivity contribution in [3.63, 3.8) is 0 Å². The van der Waals surface area contributed by atoms with E-state index < -0.39 is 17.8 Å². The van der Waals surface area contributed by atoms with Crippen molar-refractivity contribution in [2.24, 2.45) is 0 Å². The van der Waals surface area contributed by atoms with E-state index in [0.29, 0.717) is 12.8 Å². The predicted octanol–water partition coefficient (Wildman–Crippen LogP) is 4.32. The van der Waals surface area contributed by atoms with E-state index in [1.807, 2.05) is 30.3 Å². The molecule has 0 radical (unpaired) electrons. The van der Waals surface area contributed by atoms with Gasteiger partial charge in [-0.3, -0.25) is 10.1 Å². The second-order valence-corrected chi connectivity index (χ2v) is 6.61. The molecule has 1 fully saturated rings. The van der Waals surface area contributed by atoms with Gasteiger partial charge in [-0.2, -0.15) is 13.2 Å². The highest BCUT2D eigenvalue weighted by Crippen LogP contribution is 2.31. The van der Waals surface area contributed by atoms with Crippen LogP contribution >= 0.6 is 0 Å². The van der Waals surface area contributed by atoms with Gasteiger partial charge in [-0.15, -0.1) is 0 Å². The van der Waals surface area contributed by atoms with Crippen molar-refractivity contribution in [1.82, 2.24) is 5.32 Å². The van der Waals surface area contributed by atoms with Crippen LogP contribution in [0.15, 0.2) is 54.6 Å². The first-order valence-electron chi connectivity index (χ1n) is 8.76. The number of rotatable bonds is 4. The molecule has 0 aliphatic carbocycles. The molecule has 0 aromatic heterocycles. The number of alkyl halides is 3. The van der Waals surface area contributed by atoms with Gasteiger partial charge in [0.15, 0.2) is 0 Å². The fraction of sp³-hybridized carbons (Fsp3) is 0.300. The molecule has 3 rings (SSSR count). The van der Waals surface area contributed by atoms with E-state index in [-0.39, 0.29) is 30.2 Å². The fourth-order valence-corrected chi connectivity index (χ4v) is 3.19. The number of carbonyl (C=O) groups is 2. The summed E-state index contributed by atoms with van der Waals surface area (Å²) in [4.78, 5) is 23.9. The summed E-state index contributed by atoms with van der Waals surface area (Å²) in [6.07, 6.45) is -4.42. The molecule has 2 aromatic carbocycles. The van der Waals surface area contributed by atoms with Crippen molar-refractivity contribution >= 4 is 17.7 Å². The smallest absolute Gasteiger partial charge is 0.416 e. The quantitative estimate of drug-likeness (QED) is 0.815. The third kappa shape index (κ3) is 5.25. The van der Waals surface area contributed by atoms with E-state index in [0.717, 1.165) is 17.7 Å². The van der Waals surface area contributed by atoms with E-state index in [1.165, 1.54) is 12.1 Å². The summed E-state index contributed by atoms with van der Waals surface area (Å²) in [5.74, 6) is -0.109. The normalized spacial score (nSPS) is 19.6.